The summed E-state index contributed by atoms with van der Waals surface area (Å²) in [6.07, 6.45) is 10.2. The van der Waals surface area contributed by atoms with Crippen LogP contribution in [0.2, 0.25) is 0 Å². The topological polar surface area (TPSA) is 15.8 Å². The molecule has 0 fully saturated rings. The second-order valence-corrected chi connectivity index (χ2v) is 6.09. The molecule has 0 saturated heterocycles. The second kappa shape index (κ2) is 5.40. The largest absolute Gasteiger partial charge is 0.361 e. The minimum atomic E-state index is 0.784. The van der Waals surface area contributed by atoms with E-state index in [1.54, 1.807) is 11.1 Å². The molecule has 3 rings (SSSR count). The third-order valence-electron chi connectivity index (χ3n) is 4.80. The zero-order chi connectivity index (χ0) is 13.2. The molecule has 0 saturated carbocycles. The molecule has 2 aromatic rings. The molecule has 1 aliphatic rings. The number of benzene rings is 1. The lowest BCUT2D eigenvalue weighted by molar-refractivity contribution is 0.359. The van der Waals surface area contributed by atoms with Crippen LogP contribution in [0.3, 0.4) is 0 Å². The van der Waals surface area contributed by atoms with E-state index in [1.165, 1.54) is 49.4 Å². The molecule has 1 nitrogen and oxygen atoms in total. The standard InChI is InChI=1S/C18H25N/c1-3-5-8-15-13(7-4-2)11-14-12-19-17-10-6-9-16(15)18(14)17/h6,9-10,12-13,15,19H,3-5,7-8,11H2,1-2H3/t13-,15?/m1/s1. The molecule has 0 radical (unpaired) electrons. The highest BCUT2D eigenvalue weighted by atomic mass is 14.7. The third kappa shape index (κ3) is 2.20. The molecule has 1 heterocycles. The lowest BCUT2D eigenvalue weighted by atomic mass is 9.72. The van der Waals surface area contributed by atoms with Crippen LogP contribution >= 0.6 is 0 Å². The molecule has 19 heavy (non-hydrogen) atoms. The first kappa shape index (κ1) is 12.8. The maximum absolute atomic E-state index is 3.46. The van der Waals surface area contributed by atoms with Gasteiger partial charge < -0.3 is 4.98 Å². The molecular weight excluding hydrogens is 230 g/mol. The van der Waals surface area contributed by atoms with Crippen LogP contribution in [0.5, 0.6) is 0 Å². The lowest BCUT2D eigenvalue weighted by Crippen LogP contribution is -2.20. The van der Waals surface area contributed by atoms with Crippen LogP contribution < -0.4 is 0 Å². The van der Waals surface area contributed by atoms with Crippen LogP contribution in [0.15, 0.2) is 24.4 Å². The maximum Gasteiger partial charge on any atom is 0.0459 e. The number of H-pyrrole nitrogens is 1. The Morgan fingerprint density at radius 1 is 1.16 bits per heavy atom. The van der Waals surface area contributed by atoms with E-state index in [2.05, 4.69) is 43.2 Å². The normalized spacial score (nSPS) is 22.0. The Bertz CT molecular complexity index is 552. The van der Waals surface area contributed by atoms with E-state index in [1.807, 2.05) is 0 Å². The van der Waals surface area contributed by atoms with Gasteiger partial charge in [0, 0.05) is 17.1 Å². The predicted molar refractivity (Wildman–Crippen MR) is 82.7 cm³/mol. The number of hydrogen-bond acceptors (Lipinski definition) is 0. The van der Waals surface area contributed by atoms with Gasteiger partial charge in [0.25, 0.3) is 0 Å². The first-order valence-corrected chi connectivity index (χ1v) is 7.94. The van der Waals surface area contributed by atoms with Gasteiger partial charge in [-0.25, -0.2) is 0 Å². The van der Waals surface area contributed by atoms with Gasteiger partial charge in [0.05, 0.1) is 0 Å². The Labute approximate surface area is 116 Å². The highest BCUT2D eigenvalue weighted by Crippen LogP contribution is 2.44. The first-order valence-electron chi connectivity index (χ1n) is 7.94. The SMILES string of the molecule is CCCCC1c2cccc3[nH]cc(c23)C[C@H]1CCC. The molecule has 1 N–H and O–H groups in total. The second-order valence-electron chi connectivity index (χ2n) is 6.09. The summed E-state index contributed by atoms with van der Waals surface area (Å²) in [6.45, 7) is 4.63. The Balaban J connectivity index is 2.03. The molecule has 0 aliphatic heterocycles. The predicted octanol–water partition coefficient (Wildman–Crippen LogP) is 5.41. The maximum atomic E-state index is 3.46. The number of aromatic amines is 1. The minimum absolute atomic E-state index is 0.784. The van der Waals surface area contributed by atoms with Gasteiger partial charge in [0.15, 0.2) is 0 Å². The Hall–Kier alpha value is -1.24. The van der Waals surface area contributed by atoms with Crippen molar-refractivity contribution in [2.24, 2.45) is 5.92 Å². The average molecular weight is 255 g/mol. The van der Waals surface area contributed by atoms with Gasteiger partial charge in [-0.3, -0.25) is 0 Å². The fourth-order valence-corrected chi connectivity index (χ4v) is 3.92. The number of nitrogens with one attached hydrogen (secondary N) is 1. The molecule has 1 heteroatoms. The average Bonchev–Trinajstić information content (AvgIpc) is 2.83. The van der Waals surface area contributed by atoms with Crippen molar-refractivity contribution in [3.8, 4) is 0 Å². The van der Waals surface area contributed by atoms with E-state index in [-0.39, 0.29) is 0 Å². The van der Waals surface area contributed by atoms with Gasteiger partial charge in [-0.05, 0) is 48.3 Å². The number of aromatic nitrogens is 1. The quantitative estimate of drug-likeness (QED) is 0.735. The van der Waals surface area contributed by atoms with Crippen LogP contribution in [-0.4, -0.2) is 4.98 Å². The van der Waals surface area contributed by atoms with Crippen molar-refractivity contribution in [1.29, 1.82) is 0 Å². The molecule has 1 aromatic heterocycles. The van der Waals surface area contributed by atoms with Gasteiger partial charge in [0.2, 0.25) is 0 Å². The summed E-state index contributed by atoms with van der Waals surface area (Å²) in [4.78, 5) is 3.46. The molecule has 0 bridgehead atoms. The highest BCUT2D eigenvalue weighted by Gasteiger charge is 2.29. The molecule has 1 unspecified atom stereocenters. The van der Waals surface area contributed by atoms with Crippen molar-refractivity contribution >= 4 is 10.9 Å². The molecule has 0 amide bonds. The summed E-state index contributed by atoms with van der Waals surface area (Å²) < 4.78 is 0. The highest BCUT2D eigenvalue weighted by molar-refractivity contribution is 5.88. The minimum Gasteiger partial charge on any atom is -0.361 e. The number of unbranched alkanes of at least 4 members (excludes halogenated alkanes) is 1. The van der Waals surface area contributed by atoms with Gasteiger partial charge in [-0.1, -0.05) is 45.2 Å². The number of rotatable bonds is 5. The van der Waals surface area contributed by atoms with Crippen molar-refractivity contribution in [2.45, 2.75) is 58.3 Å². The van der Waals surface area contributed by atoms with Crippen LogP contribution in [0.4, 0.5) is 0 Å². The summed E-state index contributed by atoms with van der Waals surface area (Å²) in [5.41, 5.74) is 4.51. The molecule has 1 aliphatic carbocycles. The van der Waals surface area contributed by atoms with Crippen LogP contribution in [0.25, 0.3) is 10.9 Å². The van der Waals surface area contributed by atoms with Crippen molar-refractivity contribution in [3.05, 3.63) is 35.5 Å². The van der Waals surface area contributed by atoms with E-state index in [0.29, 0.717) is 0 Å². The Morgan fingerprint density at radius 3 is 2.84 bits per heavy atom. The smallest absolute Gasteiger partial charge is 0.0459 e. The molecule has 2 atom stereocenters. The molecular formula is C18H25N. The van der Waals surface area contributed by atoms with Crippen molar-refractivity contribution in [1.82, 2.24) is 4.98 Å². The summed E-state index contributed by atoms with van der Waals surface area (Å²) >= 11 is 0. The summed E-state index contributed by atoms with van der Waals surface area (Å²) in [6, 6.07) is 6.83. The summed E-state index contributed by atoms with van der Waals surface area (Å²) in [7, 11) is 0. The van der Waals surface area contributed by atoms with Gasteiger partial charge in [-0.15, -0.1) is 0 Å². The van der Waals surface area contributed by atoms with E-state index in [4.69, 9.17) is 0 Å². The number of hydrogen-bond donors (Lipinski definition) is 1. The fourth-order valence-electron chi connectivity index (χ4n) is 3.92. The first-order chi connectivity index (χ1) is 9.35. The van der Waals surface area contributed by atoms with E-state index in [9.17, 15) is 0 Å². The third-order valence-corrected chi connectivity index (χ3v) is 4.80. The van der Waals surface area contributed by atoms with Gasteiger partial charge in [-0.2, -0.15) is 0 Å². The Morgan fingerprint density at radius 2 is 2.05 bits per heavy atom. The molecule has 0 spiro atoms. The zero-order valence-corrected chi connectivity index (χ0v) is 12.2. The van der Waals surface area contributed by atoms with Crippen molar-refractivity contribution in [2.75, 3.05) is 0 Å². The van der Waals surface area contributed by atoms with E-state index in [0.717, 1.165) is 11.8 Å². The zero-order valence-electron chi connectivity index (χ0n) is 12.2. The monoisotopic (exact) mass is 255 g/mol. The van der Waals surface area contributed by atoms with Crippen molar-refractivity contribution < 1.29 is 0 Å². The van der Waals surface area contributed by atoms with Gasteiger partial charge >= 0.3 is 0 Å². The lowest BCUT2D eigenvalue weighted by Gasteiger charge is -2.32. The Kier molecular flexibility index (Phi) is 3.63. The van der Waals surface area contributed by atoms with Crippen LogP contribution in [0.1, 0.15) is 63.0 Å². The fraction of sp³-hybridized carbons (Fsp3) is 0.556. The van der Waals surface area contributed by atoms with Crippen molar-refractivity contribution in [3.63, 3.8) is 0 Å². The van der Waals surface area contributed by atoms with Crippen LogP contribution in [0, 0.1) is 5.92 Å². The van der Waals surface area contributed by atoms with Crippen LogP contribution in [-0.2, 0) is 6.42 Å². The van der Waals surface area contributed by atoms with E-state index >= 15 is 0 Å². The summed E-state index contributed by atoms with van der Waals surface area (Å²) in [5.74, 6) is 1.64. The van der Waals surface area contributed by atoms with E-state index < -0.39 is 0 Å². The van der Waals surface area contributed by atoms with Gasteiger partial charge in [0.1, 0.15) is 0 Å². The molecule has 1 aromatic carbocycles. The molecule has 102 valence electrons. The summed E-state index contributed by atoms with van der Waals surface area (Å²) in [5, 5.41) is 1.54.